The summed E-state index contributed by atoms with van der Waals surface area (Å²) in [5.41, 5.74) is 2.30. The average Bonchev–Trinajstić information content (AvgIpc) is 3.40. The number of para-hydroxylation sites is 2. The molecule has 128 valence electrons. The number of rotatable bonds is 5. The number of hydrogen-bond acceptors (Lipinski definition) is 3. The van der Waals surface area contributed by atoms with E-state index >= 15 is 0 Å². The normalized spacial score (nSPS) is 13.8. The Bertz CT molecular complexity index is 947. The third kappa shape index (κ3) is 3.07. The number of halogens is 1. The summed E-state index contributed by atoms with van der Waals surface area (Å²) in [4.78, 5) is 17.3. The highest BCUT2D eigenvalue weighted by Crippen LogP contribution is 2.40. The first kappa shape index (κ1) is 15.6. The van der Waals surface area contributed by atoms with Crippen LogP contribution in [0.15, 0.2) is 42.5 Å². The van der Waals surface area contributed by atoms with E-state index in [1.807, 2.05) is 28.8 Å². The van der Waals surface area contributed by atoms with E-state index in [0.29, 0.717) is 17.4 Å². The molecule has 0 atom stereocenters. The maximum Gasteiger partial charge on any atom is 0.244 e. The number of carbonyl (C=O) groups excluding carboxylic acids is 1. The predicted molar refractivity (Wildman–Crippen MR) is 93.3 cm³/mol. The van der Waals surface area contributed by atoms with Gasteiger partial charge in [0.15, 0.2) is 0 Å². The van der Waals surface area contributed by atoms with Gasteiger partial charge in [0, 0.05) is 12.0 Å². The molecule has 3 aromatic rings. The number of aromatic nitrogens is 2. The van der Waals surface area contributed by atoms with Crippen LogP contribution in [0.4, 0.5) is 10.1 Å². The van der Waals surface area contributed by atoms with Gasteiger partial charge in [-0.25, -0.2) is 9.37 Å². The zero-order valence-corrected chi connectivity index (χ0v) is 13.8. The van der Waals surface area contributed by atoms with Crippen molar-refractivity contribution in [3.8, 4) is 5.75 Å². The number of benzene rings is 2. The Morgan fingerprint density at radius 3 is 2.88 bits per heavy atom. The Morgan fingerprint density at radius 1 is 1.32 bits per heavy atom. The van der Waals surface area contributed by atoms with Crippen molar-refractivity contribution < 1.29 is 13.9 Å². The number of hydrogen-bond donors (Lipinski definition) is 1. The van der Waals surface area contributed by atoms with Crippen LogP contribution in [0.1, 0.15) is 24.6 Å². The van der Waals surface area contributed by atoms with Gasteiger partial charge in [-0.15, -0.1) is 0 Å². The molecule has 5 nitrogen and oxygen atoms in total. The lowest BCUT2D eigenvalue weighted by Gasteiger charge is -2.12. The summed E-state index contributed by atoms with van der Waals surface area (Å²) in [6.45, 7) is 0.160. The van der Waals surface area contributed by atoms with Crippen LogP contribution in [0.25, 0.3) is 11.0 Å². The molecular weight excluding hydrogens is 321 g/mol. The summed E-state index contributed by atoms with van der Waals surface area (Å²) in [7, 11) is 1.44. The first-order valence-corrected chi connectivity index (χ1v) is 8.24. The Balaban J connectivity index is 1.61. The quantitative estimate of drug-likeness (QED) is 0.771. The maximum absolute atomic E-state index is 13.3. The van der Waals surface area contributed by atoms with Gasteiger partial charge in [0.2, 0.25) is 5.91 Å². The van der Waals surface area contributed by atoms with Gasteiger partial charge in [-0.3, -0.25) is 4.79 Å². The first-order chi connectivity index (χ1) is 12.2. The fourth-order valence-corrected chi connectivity index (χ4v) is 3.02. The van der Waals surface area contributed by atoms with Crippen LogP contribution in [-0.4, -0.2) is 22.6 Å². The van der Waals surface area contributed by atoms with E-state index in [1.54, 1.807) is 0 Å². The zero-order valence-electron chi connectivity index (χ0n) is 13.8. The predicted octanol–water partition coefficient (Wildman–Crippen LogP) is 3.70. The van der Waals surface area contributed by atoms with Crippen molar-refractivity contribution in [3.05, 3.63) is 54.1 Å². The molecule has 0 aliphatic heterocycles. The van der Waals surface area contributed by atoms with E-state index in [9.17, 15) is 9.18 Å². The standard InChI is InChI=1S/C19H18FN3O2/c1-25-17-10-13(20)8-9-15(17)21-18(24)11-23-16-5-3-2-4-14(16)22-19(23)12-6-7-12/h2-5,8-10,12H,6-7,11H2,1H3,(H,21,24). The summed E-state index contributed by atoms with van der Waals surface area (Å²) in [5, 5.41) is 2.80. The fourth-order valence-electron chi connectivity index (χ4n) is 3.02. The van der Waals surface area contributed by atoms with Crippen LogP contribution in [0.3, 0.4) is 0 Å². The second-order valence-electron chi connectivity index (χ2n) is 6.21. The number of nitrogens with one attached hydrogen (secondary N) is 1. The molecule has 4 rings (SSSR count). The fraction of sp³-hybridized carbons (Fsp3) is 0.263. The van der Waals surface area contributed by atoms with Crippen LogP contribution >= 0.6 is 0 Å². The van der Waals surface area contributed by atoms with E-state index in [1.165, 1.54) is 25.3 Å². The van der Waals surface area contributed by atoms with Gasteiger partial charge in [-0.05, 0) is 37.1 Å². The smallest absolute Gasteiger partial charge is 0.244 e. The van der Waals surface area contributed by atoms with Gasteiger partial charge in [0.1, 0.15) is 23.9 Å². The molecule has 0 unspecified atom stereocenters. The molecule has 1 heterocycles. The van der Waals surface area contributed by atoms with Crippen molar-refractivity contribution in [3.63, 3.8) is 0 Å². The molecule has 1 aliphatic rings. The molecule has 1 fully saturated rings. The second-order valence-corrected chi connectivity index (χ2v) is 6.21. The number of carbonyl (C=O) groups is 1. The summed E-state index contributed by atoms with van der Waals surface area (Å²) < 4.78 is 20.4. The van der Waals surface area contributed by atoms with Crippen LogP contribution in [0.2, 0.25) is 0 Å². The minimum absolute atomic E-state index is 0.160. The van der Waals surface area contributed by atoms with Gasteiger partial charge in [0.25, 0.3) is 0 Å². The third-order valence-electron chi connectivity index (χ3n) is 4.37. The summed E-state index contributed by atoms with van der Waals surface area (Å²) in [6, 6.07) is 11.9. The number of imidazole rings is 1. The van der Waals surface area contributed by atoms with E-state index in [2.05, 4.69) is 10.3 Å². The molecule has 1 aliphatic carbocycles. The number of anilines is 1. The van der Waals surface area contributed by atoms with Crippen LogP contribution < -0.4 is 10.1 Å². The van der Waals surface area contributed by atoms with Crippen molar-refractivity contribution >= 4 is 22.6 Å². The number of fused-ring (bicyclic) bond motifs is 1. The highest BCUT2D eigenvalue weighted by atomic mass is 19.1. The molecule has 1 saturated carbocycles. The summed E-state index contributed by atoms with van der Waals surface area (Å²) in [6.07, 6.45) is 2.22. The third-order valence-corrected chi connectivity index (χ3v) is 4.37. The summed E-state index contributed by atoms with van der Waals surface area (Å²) >= 11 is 0. The van der Waals surface area contributed by atoms with Gasteiger partial charge in [-0.2, -0.15) is 0 Å². The number of amides is 1. The Kier molecular flexibility index (Phi) is 3.87. The molecule has 6 heteroatoms. The van der Waals surface area contributed by atoms with Crippen molar-refractivity contribution in [2.45, 2.75) is 25.3 Å². The van der Waals surface area contributed by atoms with Gasteiger partial charge in [-0.1, -0.05) is 12.1 Å². The lowest BCUT2D eigenvalue weighted by molar-refractivity contribution is -0.116. The topological polar surface area (TPSA) is 56.1 Å². The number of methoxy groups -OCH3 is 1. The minimum atomic E-state index is -0.411. The van der Waals surface area contributed by atoms with Gasteiger partial charge < -0.3 is 14.6 Å². The lowest BCUT2D eigenvalue weighted by Crippen LogP contribution is -2.20. The molecule has 0 bridgehead atoms. The van der Waals surface area contributed by atoms with Crippen molar-refractivity contribution in [1.29, 1.82) is 0 Å². The van der Waals surface area contributed by atoms with Crippen LogP contribution in [0.5, 0.6) is 5.75 Å². The molecule has 1 amide bonds. The Labute approximate surface area is 144 Å². The number of nitrogens with zero attached hydrogens (tertiary/aromatic N) is 2. The Morgan fingerprint density at radius 2 is 2.12 bits per heavy atom. The van der Waals surface area contributed by atoms with Gasteiger partial charge in [0.05, 0.1) is 23.8 Å². The molecule has 2 aromatic carbocycles. The maximum atomic E-state index is 13.3. The molecule has 25 heavy (non-hydrogen) atoms. The van der Waals surface area contributed by atoms with E-state index in [-0.39, 0.29) is 12.5 Å². The SMILES string of the molecule is COc1cc(F)ccc1NC(=O)Cn1c(C2CC2)nc2ccccc21. The van der Waals surface area contributed by atoms with Crippen molar-refractivity contribution in [1.82, 2.24) is 9.55 Å². The largest absolute Gasteiger partial charge is 0.494 e. The highest BCUT2D eigenvalue weighted by Gasteiger charge is 2.30. The minimum Gasteiger partial charge on any atom is -0.494 e. The number of ether oxygens (including phenoxy) is 1. The molecule has 0 saturated heterocycles. The van der Waals surface area contributed by atoms with E-state index in [0.717, 1.165) is 29.7 Å². The zero-order chi connectivity index (χ0) is 17.4. The van der Waals surface area contributed by atoms with E-state index in [4.69, 9.17) is 4.74 Å². The molecule has 1 aromatic heterocycles. The molecule has 0 spiro atoms. The monoisotopic (exact) mass is 339 g/mol. The first-order valence-electron chi connectivity index (χ1n) is 8.24. The molecule has 1 N–H and O–H groups in total. The van der Waals surface area contributed by atoms with Crippen LogP contribution in [0, 0.1) is 5.82 Å². The second kappa shape index (κ2) is 6.20. The molecule has 0 radical (unpaired) electrons. The molecular formula is C19H18FN3O2. The average molecular weight is 339 g/mol. The lowest BCUT2D eigenvalue weighted by atomic mass is 10.2. The highest BCUT2D eigenvalue weighted by molar-refractivity contribution is 5.93. The van der Waals surface area contributed by atoms with Crippen molar-refractivity contribution in [2.24, 2.45) is 0 Å². The van der Waals surface area contributed by atoms with Crippen molar-refractivity contribution in [2.75, 3.05) is 12.4 Å². The summed E-state index contributed by atoms with van der Waals surface area (Å²) in [5.74, 6) is 1.08. The Hall–Kier alpha value is -2.89. The van der Waals surface area contributed by atoms with Crippen LogP contribution in [-0.2, 0) is 11.3 Å². The van der Waals surface area contributed by atoms with E-state index < -0.39 is 5.82 Å². The van der Waals surface area contributed by atoms with Gasteiger partial charge >= 0.3 is 0 Å².